The lowest BCUT2D eigenvalue weighted by Crippen LogP contribution is -2.53. The van der Waals surface area contributed by atoms with Crippen molar-refractivity contribution in [2.24, 2.45) is 5.92 Å². The standard InChI is InChI=1S/C23H35N5O4/c29-21(27-31)17-14-24-23(25-15-17)28-12-10-18(11-13-28)26-20(16-6-2-1-3-7-16)22(30)32-19-8-4-5-9-19/h14-16,18-20,26,31H,1-13H2,(H,27,29)/t20-/m0/s1. The maximum atomic E-state index is 13.1. The van der Waals surface area contributed by atoms with E-state index in [9.17, 15) is 9.59 Å². The maximum Gasteiger partial charge on any atom is 0.323 e. The first kappa shape index (κ1) is 22.9. The minimum Gasteiger partial charge on any atom is -0.461 e. The Morgan fingerprint density at radius 1 is 0.969 bits per heavy atom. The zero-order valence-electron chi connectivity index (χ0n) is 18.7. The summed E-state index contributed by atoms with van der Waals surface area (Å²) in [6.45, 7) is 1.55. The van der Waals surface area contributed by atoms with Crippen molar-refractivity contribution in [2.45, 2.75) is 88.8 Å². The fourth-order valence-electron chi connectivity index (χ4n) is 5.27. The van der Waals surface area contributed by atoms with Gasteiger partial charge in [-0.2, -0.15) is 0 Å². The highest BCUT2D eigenvalue weighted by Gasteiger charge is 2.35. The molecular formula is C23H35N5O4. The molecule has 1 aromatic heterocycles. The first-order chi connectivity index (χ1) is 15.6. The van der Waals surface area contributed by atoms with Gasteiger partial charge in [0, 0.05) is 31.5 Å². The molecule has 176 valence electrons. The topological polar surface area (TPSA) is 117 Å². The normalized spacial score (nSPS) is 22.0. The van der Waals surface area contributed by atoms with Gasteiger partial charge in [-0.25, -0.2) is 15.4 Å². The molecule has 0 unspecified atom stereocenters. The Morgan fingerprint density at radius 3 is 2.22 bits per heavy atom. The molecule has 1 amide bonds. The van der Waals surface area contributed by atoms with Crippen LogP contribution >= 0.6 is 0 Å². The molecule has 2 saturated carbocycles. The van der Waals surface area contributed by atoms with Crippen LogP contribution in [0.15, 0.2) is 12.4 Å². The molecule has 0 spiro atoms. The SMILES string of the molecule is O=C(NO)c1cnc(N2CCC(N[C@H](C(=O)OC3CCCC3)C3CCCCC3)CC2)nc1. The van der Waals surface area contributed by atoms with Crippen molar-refractivity contribution in [2.75, 3.05) is 18.0 Å². The van der Waals surface area contributed by atoms with E-state index in [2.05, 4.69) is 20.2 Å². The number of hydrogen-bond acceptors (Lipinski definition) is 8. The van der Waals surface area contributed by atoms with E-state index in [4.69, 9.17) is 9.94 Å². The number of aromatic nitrogens is 2. The fourth-order valence-corrected chi connectivity index (χ4v) is 5.27. The maximum absolute atomic E-state index is 13.1. The van der Waals surface area contributed by atoms with E-state index in [1.807, 2.05) is 0 Å². The molecule has 0 radical (unpaired) electrons. The van der Waals surface area contributed by atoms with E-state index in [1.54, 1.807) is 5.48 Å². The van der Waals surface area contributed by atoms with Gasteiger partial charge in [-0.1, -0.05) is 19.3 Å². The number of nitrogens with zero attached hydrogens (tertiary/aromatic N) is 3. The molecule has 1 aromatic rings. The molecule has 1 saturated heterocycles. The van der Waals surface area contributed by atoms with Gasteiger partial charge < -0.3 is 15.0 Å². The number of amides is 1. The van der Waals surface area contributed by atoms with Crippen LogP contribution in [-0.4, -0.2) is 58.3 Å². The van der Waals surface area contributed by atoms with Gasteiger partial charge >= 0.3 is 5.97 Å². The third-order valence-corrected chi connectivity index (χ3v) is 7.16. The minimum atomic E-state index is -0.627. The summed E-state index contributed by atoms with van der Waals surface area (Å²) in [5.74, 6) is 0.261. The molecule has 9 nitrogen and oxygen atoms in total. The highest BCUT2D eigenvalue weighted by Crippen LogP contribution is 2.30. The monoisotopic (exact) mass is 445 g/mol. The molecule has 9 heteroatoms. The third-order valence-electron chi connectivity index (χ3n) is 7.16. The number of ether oxygens (including phenoxy) is 1. The van der Waals surface area contributed by atoms with Gasteiger partial charge in [-0.3, -0.25) is 14.8 Å². The molecule has 3 N–H and O–H groups in total. The predicted octanol–water partition coefficient (Wildman–Crippen LogP) is 2.59. The van der Waals surface area contributed by atoms with Crippen LogP contribution in [-0.2, 0) is 9.53 Å². The quantitative estimate of drug-likeness (QED) is 0.333. The van der Waals surface area contributed by atoms with Crippen LogP contribution in [0.1, 0.15) is 81.0 Å². The van der Waals surface area contributed by atoms with E-state index in [1.165, 1.54) is 31.7 Å². The highest BCUT2D eigenvalue weighted by atomic mass is 16.5. The molecule has 0 aromatic carbocycles. The highest BCUT2D eigenvalue weighted by molar-refractivity contribution is 5.92. The summed E-state index contributed by atoms with van der Waals surface area (Å²) in [6, 6.07) is 0.0497. The number of carbonyl (C=O) groups excluding carboxylic acids is 2. The second-order valence-electron chi connectivity index (χ2n) is 9.36. The Balaban J connectivity index is 1.33. The van der Waals surface area contributed by atoms with Gasteiger partial charge in [0.2, 0.25) is 5.95 Å². The third kappa shape index (κ3) is 5.75. The number of piperidine rings is 1. The average molecular weight is 446 g/mol. The zero-order chi connectivity index (χ0) is 22.3. The van der Waals surface area contributed by atoms with Gasteiger partial charge in [0.05, 0.1) is 5.56 Å². The Bertz CT molecular complexity index is 754. The minimum absolute atomic E-state index is 0.0488. The summed E-state index contributed by atoms with van der Waals surface area (Å²) in [6.07, 6.45) is 14.9. The van der Waals surface area contributed by atoms with Gasteiger partial charge in [-0.05, 0) is 57.3 Å². The smallest absolute Gasteiger partial charge is 0.323 e. The van der Waals surface area contributed by atoms with E-state index in [-0.39, 0.29) is 29.7 Å². The molecule has 3 aliphatic rings. The Hall–Kier alpha value is -2.26. The van der Waals surface area contributed by atoms with E-state index >= 15 is 0 Å². The van der Waals surface area contributed by atoms with E-state index < -0.39 is 5.91 Å². The summed E-state index contributed by atoms with van der Waals surface area (Å²) in [5.41, 5.74) is 1.80. The molecule has 4 rings (SSSR count). The van der Waals surface area contributed by atoms with Crippen molar-refractivity contribution in [1.82, 2.24) is 20.8 Å². The van der Waals surface area contributed by atoms with Crippen molar-refractivity contribution in [3.05, 3.63) is 18.0 Å². The van der Waals surface area contributed by atoms with Crippen molar-refractivity contribution < 1.29 is 19.5 Å². The second kappa shape index (κ2) is 11.0. The molecule has 2 aliphatic carbocycles. The van der Waals surface area contributed by atoms with Gasteiger partial charge in [0.1, 0.15) is 12.1 Å². The number of nitrogens with one attached hydrogen (secondary N) is 2. The molecule has 32 heavy (non-hydrogen) atoms. The zero-order valence-corrected chi connectivity index (χ0v) is 18.7. The van der Waals surface area contributed by atoms with Crippen molar-refractivity contribution in [3.8, 4) is 0 Å². The average Bonchev–Trinajstić information content (AvgIpc) is 3.36. The summed E-state index contributed by atoms with van der Waals surface area (Å²) >= 11 is 0. The van der Waals surface area contributed by atoms with Crippen LogP contribution in [0.3, 0.4) is 0 Å². The van der Waals surface area contributed by atoms with Crippen LogP contribution in [0.25, 0.3) is 0 Å². The molecule has 2 heterocycles. The molecular weight excluding hydrogens is 410 g/mol. The molecule has 0 bridgehead atoms. The van der Waals surface area contributed by atoms with Crippen molar-refractivity contribution in [1.29, 1.82) is 0 Å². The number of hydroxylamine groups is 1. The predicted molar refractivity (Wildman–Crippen MR) is 118 cm³/mol. The lowest BCUT2D eigenvalue weighted by Gasteiger charge is -2.37. The molecule has 3 fully saturated rings. The Kier molecular flexibility index (Phi) is 7.91. The van der Waals surface area contributed by atoms with Crippen LogP contribution in [0, 0.1) is 5.92 Å². The largest absolute Gasteiger partial charge is 0.461 e. The Morgan fingerprint density at radius 2 is 1.59 bits per heavy atom. The van der Waals surface area contributed by atoms with Gasteiger partial charge in [-0.15, -0.1) is 0 Å². The number of anilines is 1. The van der Waals surface area contributed by atoms with Crippen LogP contribution < -0.4 is 15.7 Å². The fraction of sp³-hybridized carbons (Fsp3) is 0.739. The van der Waals surface area contributed by atoms with Gasteiger partial charge in [0.15, 0.2) is 0 Å². The Labute approximate surface area is 189 Å². The van der Waals surface area contributed by atoms with Crippen molar-refractivity contribution in [3.63, 3.8) is 0 Å². The number of esters is 1. The number of hydrogen-bond donors (Lipinski definition) is 3. The van der Waals surface area contributed by atoms with Crippen LogP contribution in [0.4, 0.5) is 5.95 Å². The summed E-state index contributed by atoms with van der Waals surface area (Å²) in [4.78, 5) is 35.2. The van der Waals surface area contributed by atoms with E-state index in [0.29, 0.717) is 11.9 Å². The van der Waals surface area contributed by atoms with E-state index in [0.717, 1.165) is 64.5 Å². The molecule has 1 atom stereocenters. The number of carbonyl (C=O) groups is 2. The summed E-state index contributed by atoms with van der Waals surface area (Å²) < 4.78 is 5.92. The lowest BCUT2D eigenvalue weighted by molar-refractivity contribution is -0.153. The summed E-state index contributed by atoms with van der Waals surface area (Å²) in [5, 5.41) is 12.4. The second-order valence-corrected chi connectivity index (χ2v) is 9.36. The summed E-state index contributed by atoms with van der Waals surface area (Å²) in [7, 11) is 0. The van der Waals surface area contributed by atoms with Crippen LogP contribution in [0.2, 0.25) is 0 Å². The van der Waals surface area contributed by atoms with Crippen LogP contribution in [0.5, 0.6) is 0 Å². The first-order valence-corrected chi connectivity index (χ1v) is 12.1. The lowest BCUT2D eigenvalue weighted by atomic mass is 9.83. The number of rotatable bonds is 7. The molecule has 1 aliphatic heterocycles. The van der Waals surface area contributed by atoms with Crippen molar-refractivity contribution >= 4 is 17.8 Å². The first-order valence-electron chi connectivity index (χ1n) is 12.1. The van der Waals surface area contributed by atoms with Gasteiger partial charge in [0.25, 0.3) is 5.91 Å².